The van der Waals surface area contributed by atoms with Crippen LogP contribution in [0.25, 0.3) is 0 Å². The Morgan fingerprint density at radius 1 is 1.31 bits per heavy atom. The summed E-state index contributed by atoms with van der Waals surface area (Å²) >= 11 is 5.76. The van der Waals surface area contributed by atoms with Crippen molar-refractivity contribution in [1.82, 2.24) is 9.97 Å². The summed E-state index contributed by atoms with van der Waals surface area (Å²) in [7, 11) is 2.00. The second kappa shape index (κ2) is 4.97. The third-order valence-corrected chi connectivity index (χ3v) is 3.40. The largest absolute Gasteiger partial charge is 0.339 e. The summed E-state index contributed by atoms with van der Waals surface area (Å²) in [4.78, 5) is 10.5. The highest BCUT2D eigenvalue weighted by molar-refractivity contribution is 6.30. The molecule has 0 spiro atoms. The molecule has 0 amide bonds. The summed E-state index contributed by atoms with van der Waals surface area (Å²) in [6, 6.07) is 0.563. The predicted molar refractivity (Wildman–Crippen MR) is 65.7 cm³/mol. The van der Waals surface area contributed by atoms with E-state index >= 15 is 0 Å². The van der Waals surface area contributed by atoms with Crippen LogP contribution in [0, 0.1) is 0 Å². The van der Waals surface area contributed by atoms with Gasteiger partial charge in [-0.1, -0.05) is 24.4 Å². The summed E-state index contributed by atoms with van der Waals surface area (Å²) in [5.41, 5.74) is 6.12. The van der Waals surface area contributed by atoms with Gasteiger partial charge in [-0.3, -0.25) is 0 Å². The number of aromatic nitrogens is 2. The van der Waals surface area contributed by atoms with Crippen LogP contribution >= 0.6 is 11.6 Å². The predicted octanol–water partition coefficient (Wildman–Crippen LogP) is 1.84. The highest BCUT2D eigenvalue weighted by Crippen LogP contribution is 2.23. The fraction of sp³-hybridized carbons (Fsp3) is 0.636. The van der Waals surface area contributed by atoms with Crippen molar-refractivity contribution in [2.24, 2.45) is 5.73 Å². The van der Waals surface area contributed by atoms with Gasteiger partial charge in [-0.15, -0.1) is 0 Å². The van der Waals surface area contributed by atoms with E-state index in [-0.39, 0.29) is 6.04 Å². The molecule has 16 heavy (non-hydrogen) atoms. The molecule has 1 aromatic heterocycles. The Bertz CT molecular complexity index is 340. The fourth-order valence-corrected chi connectivity index (χ4v) is 2.35. The van der Waals surface area contributed by atoms with Crippen molar-refractivity contribution in [1.29, 1.82) is 0 Å². The van der Waals surface area contributed by atoms with E-state index in [1.54, 1.807) is 12.4 Å². The van der Waals surface area contributed by atoms with Crippen molar-refractivity contribution < 1.29 is 0 Å². The number of halogens is 1. The van der Waals surface area contributed by atoms with Gasteiger partial charge in [-0.2, -0.15) is 0 Å². The molecule has 2 N–H and O–H groups in total. The SMILES string of the molecule is CN(c1ncc(Cl)cn1)C1CCCCC1N. The summed E-state index contributed by atoms with van der Waals surface area (Å²) in [5.74, 6) is 0.701. The highest BCUT2D eigenvalue weighted by atomic mass is 35.5. The van der Waals surface area contributed by atoms with E-state index in [4.69, 9.17) is 17.3 Å². The number of nitrogens with two attached hydrogens (primary N) is 1. The maximum Gasteiger partial charge on any atom is 0.225 e. The lowest BCUT2D eigenvalue weighted by Crippen LogP contribution is -2.48. The molecule has 88 valence electrons. The van der Waals surface area contributed by atoms with Crippen LogP contribution in [0.15, 0.2) is 12.4 Å². The molecule has 2 atom stereocenters. The van der Waals surface area contributed by atoms with Crippen LogP contribution in [0.3, 0.4) is 0 Å². The van der Waals surface area contributed by atoms with Gasteiger partial charge in [0.15, 0.2) is 0 Å². The number of rotatable bonds is 2. The van der Waals surface area contributed by atoms with Crippen LogP contribution in [-0.2, 0) is 0 Å². The third-order valence-electron chi connectivity index (χ3n) is 3.20. The van der Waals surface area contributed by atoms with Gasteiger partial charge in [0, 0.05) is 19.1 Å². The minimum atomic E-state index is 0.220. The first-order valence-electron chi connectivity index (χ1n) is 5.64. The van der Waals surface area contributed by atoms with Gasteiger partial charge in [0.2, 0.25) is 5.95 Å². The quantitative estimate of drug-likeness (QED) is 0.857. The van der Waals surface area contributed by atoms with Gasteiger partial charge in [0.25, 0.3) is 0 Å². The van der Waals surface area contributed by atoms with E-state index in [0.717, 1.165) is 12.8 Å². The second-order valence-corrected chi connectivity index (χ2v) is 4.76. The van der Waals surface area contributed by atoms with Crippen LogP contribution in [0.2, 0.25) is 5.02 Å². The lowest BCUT2D eigenvalue weighted by Gasteiger charge is -2.35. The Morgan fingerprint density at radius 3 is 2.56 bits per heavy atom. The average Bonchev–Trinajstić information content (AvgIpc) is 2.30. The molecule has 4 nitrogen and oxygen atoms in total. The molecule has 2 unspecified atom stereocenters. The Kier molecular flexibility index (Phi) is 3.61. The summed E-state index contributed by atoms with van der Waals surface area (Å²) in [5, 5.41) is 0.560. The maximum absolute atomic E-state index is 6.12. The van der Waals surface area contributed by atoms with Gasteiger partial charge in [-0.05, 0) is 12.8 Å². The van der Waals surface area contributed by atoms with Crippen molar-refractivity contribution in [3.63, 3.8) is 0 Å². The monoisotopic (exact) mass is 240 g/mol. The normalized spacial score (nSPS) is 25.4. The molecule has 0 bridgehead atoms. The zero-order valence-corrected chi connectivity index (χ0v) is 10.2. The molecule has 1 aromatic rings. The third kappa shape index (κ3) is 2.44. The fourth-order valence-electron chi connectivity index (χ4n) is 2.26. The lowest BCUT2D eigenvalue weighted by molar-refractivity contribution is 0.371. The van der Waals surface area contributed by atoms with Crippen molar-refractivity contribution in [3.05, 3.63) is 17.4 Å². The highest BCUT2D eigenvalue weighted by Gasteiger charge is 2.26. The zero-order valence-electron chi connectivity index (χ0n) is 9.43. The smallest absolute Gasteiger partial charge is 0.225 e. The molecule has 0 aliphatic heterocycles. The number of nitrogens with zero attached hydrogens (tertiary/aromatic N) is 3. The van der Waals surface area contributed by atoms with Gasteiger partial charge in [-0.25, -0.2) is 9.97 Å². The van der Waals surface area contributed by atoms with Crippen LogP contribution in [0.5, 0.6) is 0 Å². The number of likely N-dealkylation sites (N-methyl/N-ethyl adjacent to an activating group) is 1. The molecular weight excluding hydrogens is 224 g/mol. The van der Waals surface area contributed by atoms with Crippen LogP contribution in [0.1, 0.15) is 25.7 Å². The molecule has 1 saturated carbocycles. The number of hydrogen-bond acceptors (Lipinski definition) is 4. The molecule has 5 heteroatoms. The molecule has 1 aliphatic rings. The molecule has 1 aliphatic carbocycles. The summed E-state index contributed by atoms with van der Waals surface area (Å²) < 4.78 is 0. The molecule has 2 rings (SSSR count). The topological polar surface area (TPSA) is 55.0 Å². The lowest BCUT2D eigenvalue weighted by atomic mass is 9.90. The average molecular weight is 241 g/mol. The Morgan fingerprint density at radius 2 is 1.94 bits per heavy atom. The van der Waals surface area contributed by atoms with Crippen molar-refractivity contribution in [2.75, 3.05) is 11.9 Å². The first-order valence-corrected chi connectivity index (χ1v) is 6.02. The van der Waals surface area contributed by atoms with E-state index in [9.17, 15) is 0 Å². The van der Waals surface area contributed by atoms with Crippen LogP contribution in [0.4, 0.5) is 5.95 Å². The maximum atomic E-state index is 6.12. The standard InChI is InChI=1S/C11H17ClN4/c1-16(10-5-3-2-4-9(10)13)11-14-6-8(12)7-15-11/h6-7,9-10H,2-5,13H2,1H3. The van der Waals surface area contributed by atoms with Crippen LogP contribution < -0.4 is 10.6 Å². The molecular formula is C11H17ClN4. The first kappa shape index (κ1) is 11.6. The number of anilines is 1. The van der Waals surface area contributed by atoms with Gasteiger partial charge < -0.3 is 10.6 Å². The minimum Gasteiger partial charge on any atom is -0.339 e. The summed E-state index contributed by atoms with van der Waals surface area (Å²) in [6.45, 7) is 0. The van der Waals surface area contributed by atoms with Crippen molar-refractivity contribution >= 4 is 17.5 Å². The van der Waals surface area contributed by atoms with Gasteiger partial charge >= 0.3 is 0 Å². The Hall–Kier alpha value is -0.870. The van der Waals surface area contributed by atoms with E-state index < -0.39 is 0 Å². The van der Waals surface area contributed by atoms with Gasteiger partial charge in [0.1, 0.15) is 0 Å². The number of hydrogen-bond donors (Lipinski definition) is 1. The molecule has 0 saturated heterocycles. The van der Waals surface area contributed by atoms with Crippen LogP contribution in [-0.4, -0.2) is 29.1 Å². The molecule has 1 fully saturated rings. The van der Waals surface area contributed by atoms with E-state index in [2.05, 4.69) is 14.9 Å². The van der Waals surface area contributed by atoms with Crippen molar-refractivity contribution in [2.45, 2.75) is 37.8 Å². The van der Waals surface area contributed by atoms with E-state index in [1.165, 1.54) is 12.8 Å². The van der Waals surface area contributed by atoms with E-state index in [1.807, 2.05) is 7.05 Å². The first-order chi connectivity index (χ1) is 7.68. The molecule has 0 aromatic carbocycles. The second-order valence-electron chi connectivity index (χ2n) is 4.33. The Labute approximate surface area is 101 Å². The summed E-state index contributed by atoms with van der Waals surface area (Å²) in [6.07, 6.45) is 7.90. The minimum absolute atomic E-state index is 0.220. The zero-order chi connectivity index (χ0) is 11.5. The van der Waals surface area contributed by atoms with E-state index in [0.29, 0.717) is 17.0 Å². The van der Waals surface area contributed by atoms with Gasteiger partial charge in [0.05, 0.1) is 17.4 Å². The Balaban J connectivity index is 2.11. The molecule has 0 radical (unpaired) electrons. The van der Waals surface area contributed by atoms with Crippen molar-refractivity contribution in [3.8, 4) is 0 Å². The molecule has 1 heterocycles.